The van der Waals surface area contributed by atoms with Gasteiger partial charge in [0.1, 0.15) is 11.5 Å². The van der Waals surface area contributed by atoms with E-state index in [2.05, 4.69) is 0 Å². The Balaban J connectivity index is 1.86. The predicted molar refractivity (Wildman–Crippen MR) is 152 cm³/mol. The van der Waals surface area contributed by atoms with Crippen LogP contribution in [0.25, 0.3) is 10.7 Å². The number of hydrogen-bond acceptors (Lipinski definition) is 6. The average molecular weight is 525 g/mol. The van der Waals surface area contributed by atoms with Crippen molar-refractivity contribution in [2.75, 3.05) is 14.2 Å². The smallest absolute Gasteiger partial charge is 0.343 e. The summed E-state index contributed by atoms with van der Waals surface area (Å²) in [5, 5.41) is -0.173. The highest BCUT2D eigenvalue weighted by Gasteiger charge is 2.22. The minimum atomic E-state index is -0.523. The van der Waals surface area contributed by atoms with Crippen LogP contribution in [-0.2, 0) is 4.74 Å². The van der Waals surface area contributed by atoms with Gasteiger partial charge in [0.2, 0.25) is 5.12 Å². The van der Waals surface area contributed by atoms with E-state index in [0.717, 1.165) is 22.9 Å². The molecule has 0 spiro atoms. The summed E-state index contributed by atoms with van der Waals surface area (Å²) in [6, 6.07) is 29.0. The number of ether oxygens (including phenoxy) is 3. The first-order chi connectivity index (χ1) is 18.4. The SMILES string of the molecule is COc1ccc(/C(OC(=O)c2ccc(C)cc2)=C(/SC(=O)c2ccc(C)cc2)c2ccc(OC)cc2)cc1. The van der Waals surface area contributed by atoms with Gasteiger partial charge in [-0.25, -0.2) is 4.79 Å². The maximum absolute atomic E-state index is 13.4. The Morgan fingerprint density at radius 1 is 0.553 bits per heavy atom. The molecule has 6 heteroatoms. The number of aryl methyl sites for hydroxylation is 2. The van der Waals surface area contributed by atoms with Gasteiger partial charge in [0, 0.05) is 11.1 Å². The van der Waals surface area contributed by atoms with E-state index in [1.165, 1.54) is 0 Å². The maximum atomic E-state index is 13.4. The van der Waals surface area contributed by atoms with E-state index in [0.29, 0.717) is 38.7 Å². The van der Waals surface area contributed by atoms with Crippen LogP contribution in [0, 0.1) is 13.8 Å². The first kappa shape index (κ1) is 26.8. The molecular formula is C32H28O5S. The fraction of sp³-hybridized carbons (Fsp3) is 0.125. The number of benzene rings is 4. The van der Waals surface area contributed by atoms with Crippen LogP contribution in [-0.4, -0.2) is 25.3 Å². The van der Waals surface area contributed by atoms with Gasteiger partial charge in [-0.15, -0.1) is 0 Å². The molecule has 38 heavy (non-hydrogen) atoms. The first-order valence-electron chi connectivity index (χ1n) is 12.0. The van der Waals surface area contributed by atoms with E-state index < -0.39 is 5.97 Å². The fourth-order valence-electron chi connectivity index (χ4n) is 3.64. The molecule has 0 saturated heterocycles. The molecule has 192 valence electrons. The van der Waals surface area contributed by atoms with Gasteiger partial charge >= 0.3 is 5.97 Å². The molecule has 0 saturated carbocycles. The summed E-state index contributed by atoms with van der Waals surface area (Å²) in [6.07, 6.45) is 0. The summed E-state index contributed by atoms with van der Waals surface area (Å²) >= 11 is 1.01. The van der Waals surface area contributed by atoms with Gasteiger partial charge in [0.05, 0.1) is 24.7 Å². The first-order valence-corrected chi connectivity index (χ1v) is 12.8. The van der Waals surface area contributed by atoms with Crippen molar-refractivity contribution in [3.05, 3.63) is 130 Å². The summed E-state index contributed by atoms with van der Waals surface area (Å²) < 4.78 is 16.7. The maximum Gasteiger partial charge on any atom is 0.343 e. The monoisotopic (exact) mass is 524 g/mol. The van der Waals surface area contributed by atoms with Gasteiger partial charge < -0.3 is 14.2 Å². The quantitative estimate of drug-likeness (QED) is 0.135. The van der Waals surface area contributed by atoms with E-state index in [1.54, 1.807) is 74.9 Å². The Hall–Kier alpha value is -4.29. The Bertz CT molecular complexity index is 1320. The van der Waals surface area contributed by atoms with E-state index >= 15 is 0 Å². The second kappa shape index (κ2) is 12.3. The van der Waals surface area contributed by atoms with Gasteiger partial charge in [-0.1, -0.05) is 59.7 Å². The third-order valence-electron chi connectivity index (χ3n) is 5.87. The number of thioether (sulfide) groups is 1. The molecule has 0 atom stereocenters. The standard InChI is InChI=1S/C32H28O5S/c1-21-5-9-25(10-6-21)31(33)37-29(23-13-17-27(35-3)18-14-23)30(24-15-19-28(36-4)20-16-24)38-32(34)26-11-7-22(2)8-12-26/h5-20H,1-4H3/b30-29-. The Labute approximate surface area is 227 Å². The molecule has 0 amide bonds. The normalized spacial score (nSPS) is 11.4. The van der Waals surface area contributed by atoms with Crippen LogP contribution >= 0.6 is 11.8 Å². The van der Waals surface area contributed by atoms with Crippen LogP contribution in [0.5, 0.6) is 11.5 Å². The number of esters is 1. The van der Waals surface area contributed by atoms with Crippen LogP contribution in [0.1, 0.15) is 43.0 Å². The third kappa shape index (κ3) is 6.52. The number of carbonyl (C=O) groups is 2. The van der Waals surface area contributed by atoms with Crippen LogP contribution in [0.2, 0.25) is 0 Å². The van der Waals surface area contributed by atoms with Gasteiger partial charge in [0.25, 0.3) is 0 Å². The molecule has 4 rings (SSSR count). The Morgan fingerprint density at radius 2 is 0.974 bits per heavy atom. The summed E-state index contributed by atoms with van der Waals surface area (Å²) in [6.45, 7) is 3.92. The van der Waals surface area contributed by atoms with E-state index in [9.17, 15) is 9.59 Å². The van der Waals surface area contributed by atoms with Crippen molar-refractivity contribution in [1.29, 1.82) is 0 Å². The summed E-state index contributed by atoms with van der Waals surface area (Å²) in [5.41, 5.74) is 4.38. The Morgan fingerprint density at radius 3 is 1.45 bits per heavy atom. The second-order valence-corrected chi connectivity index (χ2v) is 9.61. The van der Waals surface area contributed by atoms with E-state index in [4.69, 9.17) is 14.2 Å². The van der Waals surface area contributed by atoms with Crippen molar-refractivity contribution in [2.45, 2.75) is 13.8 Å². The fourth-order valence-corrected chi connectivity index (χ4v) is 4.59. The molecule has 0 aliphatic rings. The highest BCUT2D eigenvalue weighted by molar-refractivity contribution is 8.22. The van der Waals surface area contributed by atoms with Gasteiger partial charge in [-0.3, -0.25) is 4.79 Å². The van der Waals surface area contributed by atoms with Crippen molar-refractivity contribution in [2.24, 2.45) is 0 Å². The molecular weight excluding hydrogens is 496 g/mol. The second-order valence-electron chi connectivity index (χ2n) is 8.63. The zero-order valence-corrected chi connectivity index (χ0v) is 22.5. The molecule has 5 nitrogen and oxygen atoms in total. The highest BCUT2D eigenvalue weighted by atomic mass is 32.2. The number of methoxy groups -OCH3 is 2. The largest absolute Gasteiger partial charge is 0.497 e. The van der Waals surface area contributed by atoms with Gasteiger partial charge in [0.15, 0.2) is 5.76 Å². The number of carbonyl (C=O) groups excluding carboxylic acids is 2. The lowest BCUT2D eigenvalue weighted by molar-refractivity contribution is 0.0693. The summed E-state index contributed by atoms with van der Waals surface area (Å²) in [5.74, 6) is 1.08. The molecule has 4 aromatic rings. The topological polar surface area (TPSA) is 61.8 Å². The summed E-state index contributed by atoms with van der Waals surface area (Å²) in [7, 11) is 3.18. The van der Waals surface area contributed by atoms with E-state index in [1.807, 2.05) is 50.2 Å². The molecule has 0 aliphatic carbocycles. The van der Waals surface area contributed by atoms with E-state index in [-0.39, 0.29) is 10.9 Å². The van der Waals surface area contributed by atoms with Gasteiger partial charge in [-0.2, -0.15) is 0 Å². The van der Waals surface area contributed by atoms with Crippen LogP contribution in [0.4, 0.5) is 0 Å². The number of rotatable bonds is 8. The minimum absolute atomic E-state index is 0.173. The zero-order chi connectivity index (χ0) is 27.1. The number of hydrogen-bond donors (Lipinski definition) is 0. The Kier molecular flexibility index (Phi) is 8.66. The minimum Gasteiger partial charge on any atom is -0.497 e. The van der Waals surface area contributed by atoms with Crippen molar-refractivity contribution in [3.8, 4) is 11.5 Å². The lowest BCUT2D eigenvalue weighted by Crippen LogP contribution is -2.07. The van der Waals surface area contributed by atoms with Crippen molar-refractivity contribution in [1.82, 2.24) is 0 Å². The van der Waals surface area contributed by atoms with Crippen LogP contribution in [0.3, 0.4) is 0 Å². The lowest BCUT2D eigenvalue weighted by Gasteiger charge is -2.16. The molecule has 0 fully saturated rings. The highest BCUT2D eigenvalue weighted by Crippen LogP contribution is 2.39. The molecule has 0 aromatic heterocycles. The predicted octanol–water partition coefficient (Wildman–Crippen LogP) is 7.58. The molecule has 0 bridgehead atoms. The van der Waals surface area contributed by atoms with Crippen LogP contribution < -0.4 is 9.47 Å². The molecule has 0 heterocycles. The van der Waals surface area contributed by atoms with Crippen molar-refractivity contribution >= 4 is 33.5 Å². The average Bonchev–Trinajstić information content (AvgIpc) is 2.95. The van der Waals surface area contributed by atoms with Crippen LogP contribution in [0.15, 0.2) is 97.1 Å². The summed E-state index contributed by atoms with van der Waals surface area (Å²) in [4.78, 5) is 27.2. The molecule has 0 N–H and O–H groups in total. The molecule has 0 radical (unpaired) electrons. The third-order valence-corrected chi connectivity index (χ3v) is 6.92. The lowest BCUT2D eigenvalue weighted by atomic mass is 10.1. The van der Waals surface area contributed by atoms with Gasteiger partial charge in [-0.05, 0) is 79.7 Å². The molecule has 0 unspecified atom stereocenters. The molecule has 0 aliphatic heterocycles. The van der Waals surface area contributed by atoms with Crippen molar-refractivity contribution in [3.63, 3.8) is 0 Å². The molecule has 4 aromatic carbocycles. The zero-order valence-electron chi connectivity index (χ0n) is 21.7. The van der Waals surface area contributed by atoms with Crippen molar-refractivity contribution < 1.29 is 23.8 Å².